The van der Waals surface area contributed by atoms with Crippen LogP contribution in [-0.4, -0.2) is 40.3 Å². The molecule has 36 heavy (non-hydrogen) atoms. The van der Waals surface area contributed by atoms with Crippen LogP contribution in [0.4, 0.5) is 5.69 Å². The predicted molar refractivity (Wildman–Crippen MR) is 143 cm³/mol. The molecule has 3 rings (SSSR count). The molecule has 1 amide bonds. The Hall–Kier alpha value is -3.52. The highest BCUT2D eigenvalue weighted by Crippen LogP contribution is 2.24. The number of nitrogens with one attached hydrogen (secondary N) is 1. The number of sulfonamides is 1. The minimum absolute atomic E-state index is 0.152. The van der Waals surface area contributed by atoms with E-state index in [1.165, 1.54) is 16.1 Å². The number of carbonyl (C=O) groups excluding carboxylic acids is 1. The third-order valence-corrected chi connectivity index (χ3v) is 6.64. The van der Waals surface area contributed by atoms with Crippen LogP contribution in [0.3, 0.4) is 0 Å². The highest BCUT2D eigenvalue weighted by molar-refractivity contribution is 7.92. The van der Waals surface area contributed by atoms with Gasteiger partial charge in [0.05, 0.1) is 31.6 Å². The molecule has 3 aromatic carbocycles. The van der Waals surface area contributed by atoms with Crippen LogP contribution in [0.2, 0.25) is 0 Å². The molecule has 7 nitrogen and oxygen atoms in total. The number of carbonyl (C=O) groups is 1. The molecular formula is C28H34N2O5S. The first kappa shape index (κ1) is 27.1. The fourth-order valence-corrected chi connectivity index (χ4v) is 4.57. The van der Waals surface area contributed by atoms with Crippen LogP contribution in [0, 0.1) is 0 Å². The highest BCUT2D eigenvalue weighted by Gasteiger charge is 2.18. The van der Waals surface area contributed by atoms with Gasteiger partial charge in [0, 0.05) is 5.56 Å². The van der Waals surface area contributed by atoms with Gasteiger partial charge in [0.15, 0.2) is 0 Å². The molecule has 192 valence electrons. The Morgan fingerprint density at radius 3 is 2.00 bits per heavy atom. The van der Waals surface area contributed by atoms with Gasteiger partial charge in [-0.15, -0.1) is 0 Å². The normalized spacial score (nSPS) is 11.1. The molecule has 0 atom stereocenters. The van der Waals surface area contributed by atoms with Crippen molar-refractivity contribution < 1.29 is 22.7 Å². The summed E-state index contributed by atoms with van der Waals surface area (Å²) in [5.74, 6) is 1.24. The number of nitrogens with zero attached hydrogens (tertiary/aromatic N) is 1. The molecule has 1 N–H and O–H groups in total. The lowest BCUT2D eigenvalue weighted by Gasteiger charge is -2.23. The van der Waals surface area contributed by atoms with E-state index < -0.39 is 10.0 Å². The van der Waals surface area contributed by atoms with E-state index in [0.717, 1.165) is 24.2 Å². The fourth-order valence-electron chi connectivity index (χ4n) is 3.68. The van der Waals surface area contributed by atoms with Crippen molar-refractivity contribution >= 4 is 21.6 Å². The van der Waals surface area contributed by atoms with Crippen LogP contribution in [-0.2, 0) is 23.0 Å². The molecule has 0 radical (unpaired) electrons. The quantitative estimate of drug-likeness (QED) is 0.334. The van der Waals surface area contributed by atoms with Crippen LogP contribution in [0.15, 0.2) is 72.8 Å². The Balaban J connectivity index is 1.53. The smallest absolute Gasteiger partial charge is 0.251 e. The zero-order chi connectivity index (χ0) is 26.0. The molecule has 0 heterocycles. The van der Waals surface area contributed by atoms with E-state index in [0.29, 0.717) is 36.8 Å². The monoisotopic (exact) mass is 510 g/mol. The summed E-state index contributed by atoms with van der Waals surface area (Å²) in [6.07, 6.45) is 3.32. The maximum absolute atomic E-state index is 12.5. The Morgan fingerprint density at radius 1 is 0.833 bits per heavy atom. The van der Waals surface area contributed by atoms with Crippen molar-refractivity contribution in [2.45, 2.75) is 33.2 Å². The zero-order valence-electron chi connectivity index (χ0n) is 21.1. The molecular weight excluding hydrogens is 476 g/mol. The first-order valence-corrected chi connectivity index (χ1v) is 13.9. The molecule has 3 aromatic rings. The van der Waals surface area contributed by atoms with Gasteiger partial charge in [-0.2, -0.15) is 0 Å². The maximum Gasteiger partial charge on any atom is 0.251 e. The summed E-state index contributed by atoms with van der Waals surface area (Å²) in [5, 5.41) is 2.84. The molecule has 0 saturated heterocycles. The van der Waals surface area contributed by atoms with Gasteiger partial charge >= 0.3 is 0 Å². The lowest BCUT2D eigenvalue weighted by Crippen LogP contribution is -2.29. The van der Waals surface area contributed by atoms with Gasteiger partial charge in [-0.05, 0) is 73.0 Å². The zero-order valence-corrected chi connectivity index (χ0v) is 21.9. The number of anilines is 1. The van der Waals surface area contributed by atoms with Crippen molar-refractivity contribution in [2.24, 2.45) is 0 Å². The van der Waals surface area contributed by atoms with Crippen LogP contribution >= 0.6 is 0 Å². The summed E-state index contributed by atoms with van der Waals surface area (Å²) in [5.41, 5.74) is 3.08. The summed E-state index contributed by atoms with van der Waals surface area (Å²) in [4.78, 5) is 12.5. The van der Waals surface area contributed by atoms with E-state index in [4.69, 9.17) is 9.47 Å². The lowest BCUT2D eigenvalue weighted by atomic mass is 10.1. The number of hydrogen-bond donors (Lipinski definition) is 1. The van der Waals surface area contributed by atoms with Gasteiger partial charge in [0.2, 0.25) is 10.0 Å². The summed E-state index contributed by atoms with van der Waals surface area (Å²) in [6, 6.07) is 21.8. The van der Waals surface area contributed by atoms with E-state index in [1.54, 1.807) is 48.5 Å². The largest absolute Gasteiger partial charge is 0.494 e. The van der Waals surface area contributed by atoms with E-state index in [9.17, 15) is 13.2 Å². The van der Waals surface area contributed by atoms with Crippen molar-refractivity contribution in [1.82, 2.24) is 5.32 Å². The number of amides is 1. The number of hydrogen-bond acceptors (Lipinski definition) is 5. The molecule has 0 aliphatic rings. The second-order valence-corrected chi connectivity index (χ2v) is 10.3. The average Bonchev–Trinajstić information content (AvgIpc) is 2.87. The van der Waals surface area contributed by atoms with Crippen LogP contribution in [0.5, 0.6) is 11.5 Å². The standard InChI is InChI=1S/C28H34N2O5S/c1-4-6-22-9-15-27(16-10-22)35-20-19-29-28(31)24-11-7-23(8-12-24)21-30(36(3,32)33)25-13-17-26(18-14-25)34-5-2/h7-18H,4-6,19-21H2,1-3H3,(H,29,31). The Labute approximate surface area is 214 Å². The summed E-state index contributed by atoms with van der Waals surface area (Å²) >= 11 is 0. The minimum Gasteiger partial charge on any atom is -0.494 e. The molecule has 0 bridgehead atoms. The number of aryl methyl sites for hydroxylation is 1. The summed E-state index contributed by atoms with van der Waals surface area (Å²) < 4.78 is 37.3. The molecule has 0 saturated carbocycles. The average molecular weight is 511 g/mol. The lowest BCUT2D eigenvalue weighted by molar-refractivity contribution is 0.0947. The first-order chi connectivity index (χ1) is 17.3. The highest BCUT2D eigenvalue weighted by atomic mass is 32.2. The van der Waals surface area contributed by atoms with Crippen LogP contribution < -0.4 is 19.1 Å². The van der Waals surface area contributed by atoms with E-state index in [-0.39, 0.29) is 12.5 Å². The van der Waals surface area contributed by atoms with E-state index in [1.807, 2.05) is 19.1 Å². The fraction of sp³-hybridized carbons (Fsp3) is 0.321. The molecule has 0 fully saturated rings. The first-order valence-electron chi connectivity index (χ1n) is 12.1. The third-order valence-electron chi connectivity index (χ3n) is 5.50. The number of ether oxygens (including phenoxy) is 2. The Morgan fingerprint density at radius 2 is 1.42 bits per heavy atom. The Bertz CT molecular complexity index is 1210. The molecule has 0 aliphatic carbocycles. The van der Waals surface area contributed by atoms with E-state index >= 15 is 0 Å². The third kappa shape index (κ3) is 8.02. The number of rotatable bonds is 13. The molecule has 0 aliphatic heterocycles. The predicted octanol–water partition coefficient (Wildman–Crippen LogP) is 4.81. The van der Waals surface area contributed by atoms with Gasteiger partial charge < -0.3 is 14.8 Å². The second kappa shape index (κ2) is 13.0. The molecule has 0 spiro atoms. The summed E-state index contributed by atoms with van der Waals surface area (Å²) in [6.45, 7) is 5.46. The van der Waals surface area contributed by atoms with Crippen molar-refractivity contribution in [1.29, 1.82) is 0 Å². The van der Waals surface area contributed by atoms with Gasteiger partial charge in [-0.1, -0.05) is 37.6 Å². The van der Waals surface area contributed by atoms with E-state index in [2.05, 4.69) is 24.4 Å². The maximum atomic E-state index is 12.5. The van der Waals surface area contributed by atoms with Crippen molar-refractivity contribution in [3.05, 3.63) is 89.5 Å². The SMILES string of the molecule is CCCc1ccc(OCCNC(=O)c2ccc(CN(c3ccc(OCC)cc3)S(C)(=O)=O)cc2)cc1. The topological polar surface area (TPSA) is 84.9 Å². The second-order valence-electron chi connectivity index (χ2n) is 8.39. The van der Waals surface area contributed by atoms with Crippen molar-refractivity contribution in [3.8, 4) is 11.5 Å². The molecule has 8 heteroatoms. The van der Waals surface area contributed by atoms with Gasteiger partial charge in [0.1, 0.15) is 18.1 Å². The Kier molecular flexibility index (Phi) is 9.76. The van der Waals surface area contributed by atoms with Gasteiger partial charge in [0.25, 0.3) is 5.91 Å². The van der Waals surface area contributed by atoms with Crippen LogP contribution in [0.1, 0.15) is 41.8 Å². The van der Waals surface area contributed by atoms with Crippen LogP contribution in [0.25, 0.3) is 0 Å². The van der Waals surface area contributed by atoms with Gasteiger partial charge in [-0.3, -0.25) is 9.10 Å². The van der Waals surface area contributed by atoms with Crippen molar-refractivity contribution in [2.75, 3.05) is 30.3 Å². The van der Waals surface area contributed by atoms with Gasteiger partial charge in [-0.25, -0.2) is 8.42 Å². The summed E-state index contributed by atoms with van der Waals surface area (Å²) in [7, 11) is -3.51. The molecule has 0 aromatic heterocycles. The molecule has 0 unspecified atom stereocenters. The minimum atomic E-state index is -3.51. The number of benzene rings is 3. The van der Waals surface area contributed by atoms with Crippen molar-refractivity contribution in [3.63, 3.8) is 0 Å².